The average molecular weight is 863 g/mol. The third kappa shape index (κ3) is 4.69. The summed E-state index contributed by atoms with van der Waals surface area (Å²) in [5, 5.41) is 16.9. The summed E-state index contributed by atoms with van der Waals surface area (Å²) in [6, 6.07) is 54.9. The van der Waals surface area contributed by atoms with Crippen molar-refractivity contribution < 1.29 is 0 Å². The van der Waals surface area contributed by atoms with E-state index in [2.05, 4.69) is 161 Å². The van der Waals surface area contributed by atoms with Gasteiger partial charge in [-0.1, -0.05) is 97.1 Å². The Kier molecular flexibility index (Phi) is 6.80. The molecule has 0 amide bonds. The Morgan fingerprint density at radius 1 is 0.279 bits per heavy atom. The lowest BCUT2D eigenvalue weighted by Gasteiger charge is -2.22. The van der Waals surface area contributed by atoms with E-state index < -0.39 is 0 Å². The lowest BCUT2D eigenvalue weighted by molar-refractivity contribution is 1.37. The molecule has 0 atom stereocenters. The van der Waals surface area contributed by atoms with Crippen molar-refractivity contribution in [1.82, 2.24) is 19.9 Å². The first kappa shape index (κ1) is 36.6. The third-order valence-electron chi connectivity index (χ3n) is 15.4. The second-order valence-corrected chi connectivity index (χ2v) is 19.7. The van der Waals surface area contributed by atoms with Gasteiger partial charge in [-0.2, -0.15) is 0 Å². The van der Waals surface area contributed by atoms with Gasteiger partial charge in [0, 0.05) is 45.1 Å². The van der Waals surface area contributed by atoms with Gasteiger partial charge in [0.25, 0.3) is 0 Å². The number of rotatable bonds is 2. The highest BCUT2D eigenvalue weighted by Crippen LogP contribution is 2.59. The Balaban J connectivity index is 1.14. The lowest BCUT2D eigenvalue weighted by atomic mass is 9.81. The minimum atomic E-state index is 0.916. The van der Waals surface area contributed by atoms with E-state index in [9.17, 15) is 0 Å². The third-order valence-corrected chi connectivity index (χ3v) is 15.4. The van der Waals surface area contributed by atoms with Gasteiger partial charge >= 0.3 is 0 Å². The molecule has 0 bridgehead atoms. The predicted molar refractivity (Wildman–Crippen MR) is 285 cm³/mol. The standard InChI is InChI=1S/C64H38N4/c1-31-19-39-21-33(3)25-49-55(39)43(23-31)47-29-45-41(53-15-13-37-11-9-35-7-5-17-65-61(35)63(37)67-53)28-52-58-48(44-24-32(2)20-40-22-34(4)26-50(58)56(40)44)30-46-42(27-51(57(47)49)59(45)60(46)52)54-16-14-38-12-10-36-8-6-18-66-62(36)64(38)68-54/h5-30H,1-4H3. The Hall–Kier alpha value is -8.60. The second-order valence-electron chi connectivity index (χ2n) is 19.7. The molecule has 0 unspecified atom stereocenters. The first-order valence-corrected chi connectivity index (χ1v) is 23.6. The van der Waals surface area contributed by atoms with Gasteiger partial charge in [-0.25, -0.2) is 9.97 Å². The van der Waals surface area contributed by atoms with E-state index in [1.54, 1.807) is 0 Å². The zero-order chi connectivity index (χ0) is 44.8. The van der Waals surface area contributed by atoms with Crippen LogP contribution in [-0.2, 0) is 0 Å². The summed E-state index contributed by atoms with van der Waals surface area (Å²) < 4.78 is 0. The first-order chi connectivity index (χ1) is 33.3. The fourth-order valence-corrected chi connectivity index (χ4v) is 12.7. The molecule has 0 fully saturated rings. The molecule has 4 aromatic heterocycles. The van der Waals surface area contributed by atoms with Crippen molar-refractivity contribution in [3.8, 4) is 67.0 Å². The Bertz CT molecular complexity index is 4400. The predicted octanol–water partition coefficient (Wildman–Crippen LogP) is 16.9. The Labute approximate surface area is 390 Å². The van der Waals surface area contributed by atoms with Crippen LogP contribution in [0, 0.1) is 27.7 Å². The van der Waals surface area contributed by atoms with Crippen molar-refractivity contribution in [3.05, 3.63) is 180 Å². The molecule has 0 saturated heterocycles. The highest BCUT2D eigenvalue weighted by Gasteiger charge is 2.32. The SMILES string of the molecule is Cc1cc2c3c(cc(C)cc3c1)-c1c-2cc2c(-c3ccc4ccc5cccnc5c4n3)cc3c4c(cc5c(-c6ccc7ccc8cccnc8c7n6)cc1c2c53)-c1cc(C)cc2cc(C)cc-4c12. The molecule has 0 N–H and O–H groups in total. The quantitative estimate of drug-likeness (QED) is 0.163. The van der Waals surface area contributed by atoms with Crippen LogP contribution in [-0.4, -0.2) is 19.9 Å². The number of fused-ring (bicyclic) bond motifs is 14. The average Bonchev–Trinajstić information content (AvgIpc) is 3.83. The topological polar surface area (TPSA) is 51.6 Å². The van der Waals surface area contributed by atoms with Gasteiger partial charge in [0.05, 0.1) is 33.5 Å². The number of aryl methyl sites for hydroxylation is 4. The lowest BCUT2D eigenvalue weighted by Crippen LogP contribution is -1.97. The summed E-state index contributed by atoms with van der Waals surface area (Å²) in [5.74, 6) is 0. The van der Waals surface area contributed by atoms with Gasteiger partial charge in [-0.15, -0.1) is 0 Å². The number of benzene rings is 10. The maximum Gasteiger partial charge on any atom is 0.0972 e. The summed E-state index contributed by atoms with van der Waals surface area (Å²) >= 11 is 0. The number of hydrogen-bond acceptors (Lipinski definition) is 4. The van der Waals surface area contributed by atoms with Crippen LogP contribution in [0.2, 0.25) is 0 Å². The van der Waals surface area contributed by atoms with Gasteiger partial charge in [0.2, 0.25) is 0 Å². The monoisotopic (exact) mass is 862 g/mol. The Morgan fingerprint density at radius 2 is 0.647 bits per heavy atom. The summed E-state index contributed by atoms with van der Waals surface area (Å²) in [7, 11) is 0. The summed E-state index contributed by atoms with van der Waals surface area (Å²) in [6.07, 6.45) is 3.76. The molecule has 10 aromatic carbocycles. The van der Waals surface area contributed by atoms with Crippen molar-refractivity contribution >= 4 is 97.5 Å². The van der Waals surface area contributed by atoms with Crippen LogP contribution < -0.4 is 0 Å². The van der Waals surface area contributed by atoms with Crippen molar-refractivity contribution in [1.29, 1.82) is 0 Å². The van der Waals surface area contributed by atoms with Gasteiger partial charge in [-0.3, -0.25) is 9.97 Å². The van der Waals surface area contributed by atoms with Crippen molar-refractivity contribution in [3.63, 3.8) is 0 Å². The molecule has 0 spiro atoms. The summed E-state index contributed by atoms with van der Waals surface area (Å²) in [5.41, 5.74) is 23.1. The van der Waals surface area contributed by atoms with E-state index in [-0.39, 0.29) is 0 Å². The van der Waals surface area contributed by atoms with Crippen molar-refractivity contribution in [2.75, 3.05) is 0 Å². The van der Waals surface area contributed by atoms with E-state index >= 15 is 0 Å². The molecule has 0 aliphatic heterocycles. The summed E-state index contributed by atoms with van der Waals surface area (Å²) in [6.45, 7) is 8.94. The molecule has 2 aliphatic carbocycles. The van der Waals surface area contributed by atoms with Crippen molar-refractivity contribution in [2.45, 2.75) is 27.7 Å². The fourth-order valence-electron chi connectivity index (χ4n) is 12.7. The van der Waals surface area contributed by atoms with E-state index in [0.29, 0.717) is 0 Å². The molecule has 0 saturated carbocycles. The molecule has 4 heterocycles. The number of aromatic nitrogens is 4. The second kappa shape index (κ2) is 12.6. The molecule has 14 aromatic rings. The maximum absolute atomic E-state index is 5.62. The molecule has 2 aliphatic rings. The van der Waals surface area contributed by atoms with E-state index in [1.807, 2.05) is 24.5 Å². The molecule has 68 heavy (non-hydrogen) atoms. The molecular weight excluding hydrogens is 825 g/mol. The van der Waals surface area contributed by atoms with Gasteiger partial charge in [0.15, 0.2) is 0 Å². The zero-order valence-corrected chi connectivity index (χ0v) is 37.8. The van der Waals surface area contributed by atoms with E-state index in [1.165, 1.54) is 121 Å². The van der Waals surface area contributed by atoms with E-state index in [0.717, 1.165) is 66.1 Å². The van der Waals surface area contributed by atoms with Crippen LogP contribution in [0.5, 0.6) is 0 Å². The molecule has 16 rings (SSSR count). The maximum atomic E-state index is 5.62. The van der Waals surface area contributed by atoms with Crippen molar-refractivity contribution in [2.24, 2.45) is 0 Å². The zero-order valence-electron chi connectivity index (χ0n) is 37.8. The minimum absolute atomic E-state index is 0.916. The van der Waals surface area contributed by atoms with Crippen LogP contribution in [0.25, 0.3) is 164 Å². The largest absolute Gasteiger partial charge is 0.254 e. The highest BCUT2D eigenvalue weighted by atomic mass is 14.8. The van der Waals surface area contributed by atoms with Crippen LogP contribution in [0.1, 0.15) is 22.3 Å². The smallest absolute Gasteiger partial charge is 0.0972 e. The molecule has 4 nitrogen and oxygen atoms in total. The number of nitrogens with zero attached hydrogens (tertiary/aromatic N) is 4. The van der Waals surface area contributed by atoms with Gasteiger partial charge in [-0.05, 0) is 197 Å². The number of pyridine rings is 4. The first-order valence-electron chi connectivity index (χ1n) is 23.6. The van der Waals surface area contributed by atoms with Crippen LogP contribution >= 0.6 is 0 Å². The van der Waals surface area contributed by atoms with E-state index in [4.69, 9.17) is 19.9 Å². The molecular formula is C64H38N4. The summed E-state index contributed by atoms with van der Waals surface area (Å²) in [4.78, 5) is 21.0. The van der Waals surface area contributed by atoms with Crippen LogP contribution in [0.15, 0.2) is 158 Å². The molecule has 4 heteroatoms. The van der Waals surface area contributed by atoms with Gasteiger partial charge < -0.3 is 0 Å². The Morgan fingerprint density at radius 3 is 1.07 bits per heavy atom. The highest BCUT2D eigenvalue weighted by molar-refractivity contribution is 6.38. The fraction of sp³-hybridized carbons (Fsp3) is 0.0625. The molecule has 314 valence electrons. The molecule has 0 radical (unpaired) electrons. The minimum Gasteiger partial charge on any atom is -0.254 e. The van der Waals surface area contributed by atoms with Gasteiger partial charge in [0.1, 0.15) is 0 Å². The van der Waals surface area contributed by atoms with Crippen LogP contribution in [0.4, 0.5) is 0 Å². The van der Waals surface area contributed by atoms with Crippen LogP contribution in [0.3, 0.4) is 0 Å². The normalized spacial score (nSPS) is 12.7. The number of hydrogen-bond donors (Lipinski definition) is 0.